The first-order valence-corrected chi connectivity index (χ1v) is 9.09. The summed E-state index contributed by atoms with van der Waals surface area (Å²) < 4.78 is 34.1. The first-order valence-electron chi connectivity index (χ1n) is 9.09. The molecule has 148 valence electrons. The number of para-hydroxylation sites is 1. The van der Waals surface area contributed by atoms with Crippen molar-refractivity contribution < 1.29 is 18.6 Å². The number of aromatic hydroxyl groups is 1. The maximum Gasteiger partial charge on any atom is 0.162 e. The van der Waals surface area contributed by atoms with Gasteiger partial charge in [-0.2, -0.15) is 5.10 Å². The van der Waals surface area contributed by atoms with Crippen molar-refractivity contribution in [3.63, 3.8) is 0 Å². The highest BCUT2D eigenvalue weighted by molar-refractivity contribution is 5.45. The molecule has 1 atom stereocenters. The molecule has 0 bridgehead atoms. The number of rotatable bonds is 7. The predicted octanol–water partition coefficient (Wildman–Crippen LogP) is 4.41. The van der Waals surface area contributed by atoms with E-state index in [1.165, 1.54) is 16.8 Å². The maximum absolute atomic E-state index is 14.1. The minimum Gasteiger partial charge on any atom is -0.504 e. The largest absolute Gasteiger partial charge is 0.504 e. The Morgan fingerprint density at radius 3 is 2.75 bits per heavy atom. The van der Waals surface area contributed by atoms with Crippen molar-refractivity contribution in [2.45, 2.75) is 33.4 Å². The Hall–Kier alpha value is -2.93. The standard InChI is InChI=1S/C21H23F2N3O2/c1-4-28-20-7-5-6-15(21(20)27)11-24-13(2)17-12-25-26(14(17)3)19-9-8-16(22)10-18(19)23/h5-10,12-13,24,27H,4,11H2,1-3H3. The van der Waals surface area contributed by atoms with Gasteiger partial charge in [0.1, 0.15) is 11.5 Å². The molecule has 1 heterocycles. The van der Waals surface area contributed by atoms with Gasteiger partial charge in [-0.1, -0.05) is 12.1 Å². The second kappa shape index (κ2) is 8.39. The number of benzene rings is 2. The van der Waals surface area contributed by atoms with Crippen molar-refractivity contribution in [1.29, 1.82) is 0 Å². The van der Waals surface area contributed by atoms with Crippen LogP contribution in [0, 0.1) is 18.6 Å². The van der Waals surface area contributed by atoms with Crippen molar-refractivity contribution in [2.75, 3.05) is 6.61 Å². The van der Waals surface area contributed by atoms with E-state index in [1.807, 2.05) is 32.9 Å². The Kier molecular flexibility index (Phi) is 5.94. The first kappa shape index (κ1) is 19.8. The van der Waals surface area contributed by atoms with Crippen molar-refractivity contribution >= 4 is 0 Å². The first-order chi connectivity index (χ1) is 13.4. The summed E-state index contributed by atoms with van der Waals surface area (Å²) in [5.74, 6) is -0.735. The number of nitrogens with zero attached hydrogens (tertiary/aromatic N) is 2. The van der Waals surface area contributed by atoms with E-state index in [9.17, 15) is 13.9 Å². The summed E-state index contributed by atoms with van der Waals surface area (Å²) in [5.41, 5.74) is 2.54. The van der Waals surface area contributed by atoms with Crippen LogP contribution in [0.1, 0.15) is 36.7 Å². The zero-order chi connectivity index (χ0) is 20.3. The lowest BCUT2D eigenvalue weighted by Crippen LogP contribution is -2.19. The Morgan fingerprint density at radius 2 is 2.04 bits per heavy atom. The zero-order valence-corrected chi connectivity index (χ0v) is 16.0. The average molecular weight is 387 g/mol. The predicted molar refractivity (Wildman–Crippen MR) is 103 cm³/mol. The van der Waals surface area contributed by atoms with Crippen LogP contribution in [-0.4, -0.2) is 21.5 Å². The van der Waals surface area contributed by atoms with Crippen molar-refractivity contribution in [1.82, 2.24) is 15.1 Å². The van der Waals surface area contributed by atoms with Gasteiger partial charge < -0.3 is 15.2 Å². The molecule has 1 unspecified atom stereocenters. The lowest BCUT2D eigenvalue weighted by atomic mass is 10.1. The molecule has 7 heteroatoms. The second-order valence-corrected chi connectivity index (χ2v) is 6.49. The Morgan fingerprint density at radius 1 is 1.25 bits per heavy atom. The fourth-order valence-electron chi connectivity index (χ4n) is 3.10. The molecule has 0 aliphatic heterocycles. The lowest BCUT2D eigenvalue weighted by Gasteiger charge is -2.16. The number of phenolic OH excluding ortho intramolecular Hbond substituents is 1. The molecule has 0 saturated heterocycles. The molecule has 2 N–H and O–H groups in total. The van der Waals surface area contributed by atoms with Gasteiger partial charge in [-0.15, -0.1) is 0 Å². The molecule has 0 aliphatic carbocycles. The number of phenols is 1. The molecule has 1 aromatic heterocycles. The van der Waals surface area contributed by atoms with Crippen LogP contribution in [-0.2, 0) is 6.54 Å². The topological polar surface area (TPSA) is 59.3 Å². The molecule has 0 radical (unpaired) electrons. The number of ether oxygens (including phenoxy) is 1. The van der Waals surface area contributed by atoms with Crippen molar-refractivity contribution in [3.8, 4) is 17.2 Å². The van der Waals surface area contributed by atoms with Gasteiger partial charge in [0.05, 0.1) is 12.8 Å². The summed E-state index contributed by atoms with van der Waals surface area (Å²) in [7, 11) is 0. The normalized spacial score (nSPS) is 12.2. The third-order valence-corrected chi connectivity index (χ3v) is 4.63. The van der Waals surface area contributed by atoms with E-state index in [2.05, 4.69) is 10.4 Å². The Labute approximate surface area is 162 Å². The highest BCUT2D eigenvalue weighted by Gasteiger charge is 2.17. The van der Waals surface area contributed by atoms with Gasteiger partial charge in [0.2, 0.25) is 0 Å². The molecule has 0 amide bonds. The maximum atomic E-state index is 14.1. The SMILES string of the molecule is CCOc1cccc(CNC(C)c2cnn(-c3ccc(F)cc3F)c2C)c1O. The van der Waals surface area contributed by atoms with E-state index in [1.54, 1.807) is 12.3 Å². The van der Waals surface area contributed by atoms with Gasteiger partial charge in [0, 0.05) is 35.5 Å². The van der Waals surface area contributed by atoms with E-state index in [0.29, 0.717) is 24.5 Å². The average Bonchev–Trinajstić information content (AvgIpc) is 3.04. The molecule has 0 saturated carbocycles. The minimum absolute atomic E-state index is 0.104. The Bertz CT molecular complexity index is 972. The number of hydrogen-bond acceptors (Lipinski definition) is 4. The van der Waals surface area contributed by atoms with Crippen molar-refractivity contribution in [3.05, 3.63) is 71.1 Å². The van der Waals surface area contributed by atoms with E-state index < -0.39 is 11.6 Å². The summed E-state index contributed by atoms with van der Waals surface area (Å²) in [4.78, 5) is 0. The second-order valence-electron chi connectivity index (χ2n) is 6.49. The van der Waals surface area contributed by atoms with E-state index >= 15 is 0 Å². The fourth-order valence-corrected chi connectivity index (χ4v) is 3.10. The number of hydrogen-bond donors (Lipinski definition) is 2. The van der Waals surface area contributed by atoms with Crippen molar-refractivity contribution in [2.24, 2.45) is 0 Å². The van der Waals surface area contributed by atoms with Crippen LogP contribution in [0.2, 0.25) is 0 Å². The van der Waals surface area contributed by atoms with E-state index in [4.69, 9.17) is 4.74 Å². The smallest absolute Gasteiger partial charge is 0.162 e. The quantitative estimate of drug-likeness (QED) is 0.630. The fraction of sp³-hybridized carbons (Fsp3) is 0.286. The van der Waals surface area contributed by atoms with Gasteiger partial charge in [0.15, 0.2) is 17.3 Å². The molecule has 2 aromatic carbocycles. The molecule has 5 nitrogen and oxygen atoms in total. The van der Waals surface area contributed by atoms with E-state index in [0.717, 1.165) is 17.3 Å². The summed E-state index contributed by atoms with van der Waals surface area (Å²) >= 11 is 0. The van der Waals surface area contributed by atoms with Crippen LogP contribution in [0.3, 0.4) is 0 Å². The Balaban J connectivity index is 1.76. The molecular formula is C21H23F2N3O2. The molecule has 28 heavy (non-hydrogen) atoms. The van der Waals surface area contributed by atoms with Gasteiger partial charge in [0.25, 0.3) is 0 Å². The summed E-state index contributed by atoms with van der Waals surface area (Å²) in [6, 6.07) is 8.67. The van der Waals surface area contributed by atoms with Crippen LogP contribution in [0.5, 0.6) is 11.5 Å². The van der Waals surface area contributed by atoms with Crippen LogP contribution < -0.4 is 10.1 Å². The van der Waals surface area contributed by atoms with Crippen LogP contribution >= 0.6 is 0 Å². The van der Waals surface area contributed by atoms with Gasteiger partial charge in [-0.25, -0.2) is 13.5 Å². The van der Waals surface area contributed by atoms with Gasteiger partial charge in [-0.05, 0) is 39.0 Å². The molecule has 0 fully saturated rings. The number of aromatic nitrogens is 2. The summed E-state index contributed by atoms with van der Waals surface area (Å²) in [5, 5.41) is 17.9. The van der Waals surface area contributed by atoms with E-state index in [-0.39, 0.29) is 17.5 Å². The summed E-state index contributed by atoms with van der Waals surface area (Å²) in [6.07, 6.45) is 1.66. The third-order valence-electron chi connectivity index (χ3n) is 4.63. The molecule has 0 spiro atoms. The van der Waals surface area contributed by atoms with Crippen LogP contribution in [0.25, 0.3) is 5.69 Å². The third kappa shape index (κ3) is 3.99. The number of halogens is 2. The molecular weight excluding hydrogens is 364 g/mol. The minimum atomic E-state index is -0.670. The van der Waals surface area contributed by atoms with Gasteiger partial charge >= 0.3 is 0 Å². The summed E-state index contributed by atoms with van der Waals surface area (Å²) in [6.45, 7) is 6.54. The van der Waals surface area contributed by atoms with Crippen LogP contribution in [0.15, 0.2) is 42.6 Å². The highest BCUT2D eigenvalue weighted by atomic mass is 19.1. The van der Waals surface area contributed by atoms with Gasteiger partial charge in [-0.3, -0.25) is 0 Å². The molecule has 3 aromatic rings. The molecule has 3 rings (SSSR count). The lowest BCUT2D eigenvalue weighted by molar-refractivity contribution is 0.316. The zero-order valence-electron chi connectivity index (χ0n) is 16.0. The highest BCUT2D eigenvalue weighted by Crippen LogP contribution is 2.30. The molecule has 0 aliphatic rings. The van der Waals surface area contributed by atoms with Crippen LogP contribution in [0.4, 0.5) is 8.78 Å². The monoisotopic (exact) mass is 387 g/mol. The number of nitrogens with one attached hydrogen (secondary N) is 1.